The van der Waals surface area contributed by atoms with Gasteiger partial charge in [0.25, 0.3) is 5.56 Å². The van der Waals surface area contributed by atoms with Gasteiger partial charge in [0.05, 0.1) is 6.33 Å². The van der Waals surface area contributed by atoms with Crippen molar-refractivity contribution in [3.63, 3.8) is 0 Å². The zero-order valence-corrected chi connectivity index (χ0v) is 12.5. The molecule has 7 nitrogen and oxygen atoms in total. The molecule has 0 aliphatic rings. The quantitative estimate of drug-likeness (QED) is 0.798. The third-order valence-electron chi connectivity index (χ3n) is 3.55. The molecule has 7 heteroatoms. The van der Waals surface area contributed by atoms with Crippen molar-refractivity contribution in [2.45, 2.75) is 39.7 Å². The number of nitrogens with one attached hydrogen (secondary N) is 1. The van der Waals surface area contributed by atoms with E-state index in [0.29, 0.717) is 37.0 Å². The summed E-state index contributed by atoms with van der Waals surface area (Å²) in [6.45, 7) is 4.04. The second-order valence-corrected chi connectivity index (χ2v) is 5.52. The topological polar surface area (TPSA) is 89.8 Å². The molecule has 1 N–H and O–H groups in total. The molecular weight excluding hydrogens is 272 g/mol. The van der Waals surface area contributed by atoms with E-state index in [1.807, 2.05) is 13.8 Å². The average Bonchev–Trinajstić information content (AvgIpc) is 2.78. The zero-order chi connectivity index (χ0) is 15.6. The molecule has 0 saturated heterocycles. The lowest BCUT2D eigenvalue weighted by atomic mass is 10.0. The first-order valence-corrected chi connectivity index (χ1v) is 7.08. The number of carbonyl (C=O) groups is 1. The van der Waals surface area contributed by atoms with Crippen LogP contribution in [0.5, 0.6) is 0 Å². The van der Waals surface area contributed by atoms with E-state index in [4.69, 9.17) is 0 Å². The molecule has 0 saturated carbocycles. The minimum absolute atomic E-state index is 0.0296. The first-order chi connectivity index (χ1) is 9.91. The highest BCUT2D eigenvalue weighted by Gasteiger charge is 2.12. The van der Waals surface area contributed by atoms with Gasteiger partial charge in [0.2, 0.25) is 0 Å². The van der Waals surface area contributed by atoms with Gasteiger partial charge >= 0.3 is 5.69 Å². The van der Waals surface area contributed by atoms with Crippen molar-refractivity contribution in [3.8, 4) is 0 Å². The number of hydrogen-bond donors (Lipinski definition) is 1. The van der Waals surface area contributed by atoms with Crippen LogP contribution in [0.2, 0.25) is 0 Å². The van der Waals surface area contributed by atoms with Crippen molar-refractivity contribution in [3.05, 3.63) is 27.2 Å². The lowest BCUT2D eigenvalue weighted by Crippen LogP contribution is -2.35. The Balaban J connectivity index is 2.12. The van der Waals surface area contributed by atoms with Crippen molar-refractivity contribution in [1.82, 2.24) is 19.1 Å². The third-order valence-corrected chi connectivity index (χ3v) is 3.55. The summed E-state index contributed by atoms with van der Waals surface area (Å²) < 4.78 is 2.76. The summed E-state index contributed by atoms with van der Waals surface area (Å²) in [5.74, 6) is 0.236. The highest BCUT2D eigenvalue weighted by molar-refractivity contribution is 5.80. The number of carbonyl (C=O) groups excluding carboxylic acids is 1. The molecular formula is C14H20N4O3. The first kappa shape index (κ1) is 15.2. The van der Waals surface area contributed by atoms with Gasteiger partial charge in [-0.2, -0.15) is 0 Å². The van der Waals surface area contributed by atoms with Crippen LogP contribution in [0.15, 0.2) is 15.9 Å². The minimum Gasteiger partial charge on any atom is -0.328 e. The number of fused-ring (bicyclic) bond motifs is 1. The van der Waals surface area contributed by atoms with E-state index in [9.17, 15) is 14.4 Å². The Morgan fingerprint density at radius 3 is 2.71 bits per heavy atom. The number of unbranched alkanes of at least 4 members (excludes halogenated alkanes) is 1. The van der Waals surface area contributed by atoms with Gasteiger partial charge < -0.3 is 4.57 Å². The molecule has 0 aliphatic heterocycles. The van der Waals surface area contributed by atoms with Crippen LogP contribution in [0.4, 0.5) is 0 Å². The van der Waals surface area contributed by atoms with Crippen LogP contribution in [-0.4, -0.2) is 24.9 Å². The number of aryl methyl sites for hydroxylation is 1. The van der Waals surface area contributed by atoms with E-state index in [2.05, 4.69) is 9.97 Å². The molecule has 0 fully saturated rings. The van der Waals surface area contributed by atoms with Crippen molar-refractivity contribution in [2.24, 2.45) is 13.0 Å². The minimum atomic E-state index is -0.457. The van der Waals surface area contributed by atoms with E-state index in [-0.39, 0.29) is 17.3 Å². The standard InChI is InChI=1S/C14H20N4O3/c1-9(2)10(19)6-4-5-7-18-13(20)11-12(16-14(18)21)15-8-17(11)3/h8-9H,4-7H2,1-3H3,(H,16,21). The second kappa shape index (κ2) is 6.07. The van der Waals surface area contributed by atoms with Gasteiger partial charge in [0.15, 0.2) is 11.2 Å². The van der Waals surface area contributed by atoms with E-state index in [1.165, 1.54) is 10.9 Å². The molecule has 21 heavy (non-hydrogen) atoms. The number of Topliss-reactive ketones (excluding diaryl/α,β-unsaturated/α-hetero) is 1. The van der Waals surface area contributed by atoms with Crippen LogP contribution in [-0.2, 0) is 18.4 Å². The van der Waals surface area contributed by atoms with Gasteiger partial charge in [-0.3, -0.25) is 19.1 Å². The highest BCUT2D eigenvalue weighted by Crippen LogP contribution is 2.05. The summed E-state index contributed by atoms with van der Waals surface area (Å²) in [4.78, 5) is 42.3. The Kier molecular flexibility index (Phi) is 4.40. The third kappa shape index (κ3) is 3.12. The van der Waals surface area contributed by atoms with Gasteiger partial charge in [-0.25, -0.2) is 9.78 Å². The van der Waals surface area contributed by atoms with Crippen molar-refractivity contribution in [2.75, 3.05) is 0 Å². The molecule has 0 atom stereocenters. The summed E-state index contributed by atoms with van der Waals surface area (Å²) in [5, 5.41) is 0. The van der Waals surface area contributed by atoms with Crippen LogP contribution in [0, 0.1) is 5.92 Å². The zero-order valence-electron chi connectivity index (χ0n) is 12.5. The van der Waals surface area contributed by atoms with E-state index < -0.39 is 5.69 Å². The fourth-order valence-electron chi connectivity index (χ4n) is 2.22. The predicted octanol–water partition coefficient (Wildman–Crippen LogP) is 0.819. The summed E-state index contributed by atoms with van der Waals surface area (Å²) >= 11 is 0. The van der Waals surface area contributed by atoms with Crippen LogP contribution < -0.4 is 11.2 Å². The first-order valence-electron chi connectivity index (χ1n) is 7.08. The van der Waals surface area contributed by atoms with Crippen molar-refractivity contribution < 1.29 is 4.79 Å². The molecule has 2 rings (SSSR count). The molecule has 0 unspecified atom stereocenters. The maximum Gasteiger partial charge on any atom is 0.330 e. The van der Waals surface area contributed by atoms with Crippen molar-refractivity contribution in [1.29, 1.82) is 0 Å². The highest BCUT2D eigenvalue weighted by atomic mass is 16.2. The number of hydrogen-bond acceptors (Lipinski definition) is 4. The molecule has 0 radical (unpaired) electrons. The second-order valence-electron chi connectivity index (χ2n) is 5.52. The predicted molar refractivity (Wildman–Crippen MR) is 79.3 cm³/mol. The molecule has 114 valence electrons. The summed E-state index contributed by atoms with van der Waals surface area (Å²) in [7, 11) is 1.71. The number of aromatic amines is 1. The largest absolute Gasteiger partial charge is 0.330 e. The van der Waals surface area contributed by atoms with Gasteiger partial charge in [-0.1, -0.05) is 13.8 Å². The Morgan fingerprint density at radius 1 is 1.33 bits per heavy atom. The molecule has 0 aromatic carbocycles. The SMILES string of the molecule is CC(C)C(=O)CCCCn1c(=O)[nH]c2ncn(C)c2c1=O. The number of rotatable bonds is 6. The number of nitrogens with zero attached hydrogens (tertiary/aromatic N) is 3. The Bertz CT molecular complexity index is 767. The van der Waals surface area contributed by atoms with E-state index >= 15 is 0 Å². The summed E-state index contributed by atoms with van der Waals surface area (Å²) in [6, 6.07) is 0. The smallest absolute Gasteiger partial charge is 0.328 e. The number of ketones is 1. The lowest BCUT2D eigenvalue weighted by molar-refractivity contribution is -0.122. The number of imidazole rings is 1. The fraction of sp³-hybridized carbons (Fsp3) is 0.571. The molecule has 0 bridgehead atoms. The van der Waals surface area contributed by atoms with Crippen molar-refractivity contribution >= 4 is 16.9 Å². The van der Waals surface area contributed by atoms with Gasteiger partial charge in [-0.05, 0) is 12.8 Å². The summed E-state index contributed by atoms with van der Waals surface area (Å²) in [6.07, 6.45) is 3.27. The maximum atomic E-state index is 12.3. The Morgan fingerprint density at radius 2 is 2.05 bits per heavy atom. The van der Waals surface area contributed by atoms with Gasteiger partial charge in [0, 0.05) is 25.9 Å². The molecule has 0 aliphatic carbocycles. The molecule has 0 amide bonds. The van der Waals surface area contributed by atoms with Crippen LogP contribution in [0.25, 0.3) is 11.2 Å². The Hall–Kier alpha value is -2.18. The summed E-state index contributed by atoms with van der Waals surface area (Å²) in [5.41, 5.74) is -0.114. The molecule has 2 aromatic rings. The normalized spacial score (nSPS) is 11.4. The average molecular weight is 292 g/mol. The molecule has 2 aromatic heterocycles. The Labute approximate surface area is 121 Å². The van der Waals surface area contributed by atoms with Crippen LogP contribution in [0.1, 0.15) is 33.1 Å². The lowest BCUT2D eigenvalue weighted by Gasteiger charge is -2.06. The van der Waals surface area contributed by atoms with Crippen LogP contribution in [0.3, 0.4) is 0 Å². The monoisotopic (exact) mass is 292 g/mol. The maximum absolute atomic E-state index is 12.3. The number of aromatic nitrogens is 4. The fourth-order valence-corrected chi connectivity index (χ4v) is 2.22. The molecule has 0 spiro atoms. The molecule has 2 heterocycles. The number of H-pyrrole nitrogens is 1. The van der Waals surface area contributed by atoms with Crippen LogP contribution >= 0.6 is 0 Å². The van der Waals surface area contributed by atoms with E-state index in [0.717, 1.165) is 0 Å². The van der Waals surface area contributed by atoms with E-state index in [1.54, 1.807) is 11.6 Å². The van der Waals surface area contributed by atoms with Gasteiger partial charge in [-0.15, -0.1) is 0 Å². The van der Waals surface area contributed by atoms with Gasteiger partial charge in [0.1, 0.15) is 5.78 Å².